The fraction of sp³-hybridized carbons (Fsp3) is 0.455. The van der Waals surface area contributed by atoms with Gasteiger partial charge in [-0.2, -0.15) is 0 Å². The van der Waals surface area contributed by atoms with E-state index in [1.165, 1.54) is 12.1 Å². The van der Waals surface area contributed by atoms with Gasteiger partial charge in [0.1, 0.15) is 0 Å². The van der Waals surface area contributed by atoms with Crippen LogP contribution in [0.15, 0.2) is 18.2 Å². The zero-order valence-electron chi connectivity index (χ0n) is 9.19. The first-order valence-electron chi connectivity index (χ1n) is 5.42. The zero-order chi connectivity index (χ0) is 12.3. The number of nitro groups is 1. The quantitative estimate of drug-likeness (QED) is 0.662. The Morgan fingerprint density at radius 3 is 3.06 bits per heavy atom. The van der Waals surface area contributed by atoms with Crippen LogP contribution in [0.3, 0.4) is 0 Å². The second-order valence-electron chi connectivity index (χ2n) is 3.96. The molecule has 1 aliphatic heterocycles. The van der Waals surface area contributed by atoms with E-state index in [0.717, 1.165) is 19.5 Å². The van der Waals surface area contributed by atoms with E-state index in [0.29, 0.717) is 10.6 Å². The van der Waals surface area contributed by atoms with Gasteiger partial charge in [-0.05, 0) is 25.1 Å². The molecule has 2 rings (SSSR count). The van der Waals surface area contributed by atoms with Crippen LogP contribution in [0.4, 0.5) is 5.69 Å². The van der Waals surface area contributed by atoms with Crippen LogP contribution in [0, 0.1) is 10.1 Å². The summed E-state index contributed by atoms with van der Waals surface area (Å²) in [6, 6.07) is 4.51. The second kappa shape index (κ2) is 5.44. The van der Waals surface area contributed by atoms with E-state index >= 15 is 0 Å². The maximum absolute atomic E-state index is 10.8. The first-order chi connectivity index (χ1) is 8.16. The predicted molar refractivity (Wildman–Crippen MR) is 64.2 cm³/mol. The highest BCUT2D eigenvalue weighted by Gasteiger charge is 2.18. The number of nitrogens with one attached hydrogen (secondary N) is 1. The minimum atomic E-state index is -0.415. The minimum absolute atomic E-state index is 0.0559. The second-order valence-corrected chi connectivity index (χ2v) is 4.39. The average molecular weight is 257 g/mol. The van der Waals surface area contributed by atoms with Crippen LogP contribution in [0.1, 0.15) is 12.0 Å². The van der Waals surface area contributed by atoms with Gasteiger partial charge >= 0.3 is 0 Å². The summed E-state index contributed by atoms with van der Waals surface area (Å²) in [5, 5.41) is 14.5. The van der Waals surface area contributed by atoms with Crippen LogP contribution >= 0.6 is 11.6 Å². The van der Waals surface area contributed by atoms with Crippen molar-refractivity contribution < 1.29 is 9.66 Å². The molecule has 0 aromatic heterocycles. The molecule has 1 aromatic rings. The summed E-state index contributed by atoms with van der Waals surface area (Å²) >= 11 is 5.83. The molecule has 6 heteroatoms. The molecule has 1 unspecified atom stereocenters. The van der Waals surface area contributed by atoms with E-state index in [9.17, 15) is 10.1 Å². The van der Waals surface area contributed by atoms with Crippen molar-refractivity contribution >= 4 is 17.3 Å². The number of hydrogen-bond acceptors (Lipinski definition) is 4. The number of halogens is 1. The Morgan fingerprint density at radius 1 is 1.59 bits per heavy atom. The topological polar surface area (TPSA) is 64.4 Å². The Hall–Kier alpha value is -1.17. The lowest BCUT2D eigenvalue weighted by atomic mass is 10.2. The molecule has 1 fully saturated rings. The summed E-state index contributed by atoms with van der Waals surface area (Å²) in [5.74, 6) is 0. The summed E-state index contributed by atoms with van der Waals surface area (Å²) in [6.07, 6.45) is 1.07. The number of rotatable bonds is 4. The number of benzene rings is 1. The molecular weight excluding hydrogens is 244 g/mol. The highest BCUT2D eigenvalue weighted by atomic mass is 35.5. The third-order valence-corrected chi connectivity index (χ3v) is 2.96. The Bertz CT molecular complexity index is 419. The first kappa shape index (κ1) is 12.3. The Labute approximate surface area is 104 Å². The average Bonchev–Trinajstić information content (AvgIpc) is 2.78. The molecule has 0 bridgehead atoms. The lowest BCUT2D eigenvalue weighted by Crippen LogP contribution is -2.16. The molecule has 0 spiro atoms. The van der Waals surface area contributed by atoms with Gasteiger partial charge in [0.15, 0.2) is 0 Å². The normalized spacial score (nSPS) is 19.5. The first-order valence-corrected chi connectivity index (χ1v) is 5.80. The third kappa shape index (κ3) is 3.15. The van der Waals surface area contributed by atoms with E-state index in [-0.39, 0.29) is 18.4 Å². The van der Waals surface area contributed by atoms with Gasteiger partial charge in [0, 0.05) is 17.6 Å². The van der Waals surface area contributed by atoms with Crippen LogP contribution < -0.4 is 5.32 Å². The van der Waals surface area contributed by atoms with Crippen LogP contribution in [0.25, 0.3) is 0 Å². The van der Waals surface area contributed by atoms with Crippen molar-refractivity contribution in [3.05, 3.63) is 38.9 Å². The number of nitro benzene ring substituents is 1. The van der Waals surface area contributed by atoms with E-state index in [1.807, 2.05) is 0 Å². The molecule has 1 saturated heterocycles. The van der Waals surface area contributed by atoms with Gasteiger partial charge in [-0.1, -0.05) is 11.6 Å². The molecule has 1 atom stereocenters. The minimum Gasteiger partial charge on any atom is -0.372 e. The summed E-state index contributed by atoms with van der Waals surface area (Å²) in [5.41, 5.74) is 0.578. The Balaban J connectivity index is 2.07. The van der Waals surface area contributed by atoms with E-state index < -0.39 is 4.92 Å². The summed E-state index contributed by atoms with van der Waals surface area (Å²) in [6.45, 7) is 1.96. The summed E-state index contributed by atoms with van der Waals surface area (Å²) in [4.78, 5) is 10.4. The maximum Gasteiger partial charge on any atom is 0.275 e. The molecule has 1 N–H and O–H groups in total. The van der Waals surface area contributed by atoms with E-state index in [2.05, 4.69) is 5.32 Å². The molecule has 0 saturated carbocycles. The molecule has 0 amide bonds. The number of ether oxygens (including phenoxy) is 1. The smallest absolute Gasteiger partial charge is 0.275 e. The molecule has 17 heavy (non-hydrogen) atoms. The van der Waals surface area contributed by atoms with Gasteiger partial charge in [-0.25, -0.2) is 0 Å². The van der Waals surface area contributed by atoms with Gasteiger partial charge in [-0.3, -0.25) is 10.1 Å². The summed E-state index contributed by atoms with van der Waals surface area (Å²) < 4.78 is 5.61. The van der Waals surface area contributed by atoms with Crippen LogP contribution in [0.5, 0.6) is 0 Å². The largest absolute Gasteiger partial charge is 0.372 e. The van der Waals surface area contributed by atoms with E-state index in [4.69, 9.17) is 16.3 Å². The van der Waals surface area contributed by atoms with Crippen LogP contribution in [-0.2, 0) is 11.3 Å². The van der Waals surface area contributed by atoms with Crippen molar-refractivity contribution in [2.75, 3.05) is 13.1 Å². The monoisotopic (exact) mass is 256 g/mol. The van der Waals surface area contributed by atoms with Gasteiger partial charge < -0.3 is 10.1 Å². The zero-order valence-corrected chi connectivity index (χ0v) is 9.94. The lowest BCUT2D eigenvalue weighted by molar-refractivity contribution is -0.386. The van der Waals surface area contributed by atoms with Crippen molar-refractivity contribution in [2.45, 2.75) is 19.1 Å². The van der Waals surface area contributed by atoms with Crippen LogP contribution in [-0.4, -0.2) is 24.1 Å². The van der Waals surface area contributed by atoms with Gasteiger partial charge in [-0.15, -0.1) is 0 Å². The lowest BCUT2D eigenvalue weighted by Gasteiger charge is -2.10. The SMILES string of the molecule is O=[N+]([O-])c1ccc(Cl)cc1COC1CCNC1. The van der Waals surface area contributed by atoms with Gasteiger partial charge in [0.05, 0.1) is 23.2 Å². The van der Waals surface area contributed by atoms with E-state index in [1.54, 1.807) is 6.07 Å². The Morgan fingerprint density at radius 2 is 2.41 bits per heavy atom. The van der Waals surface area contributed by atoms with Crippen molar-refractivity contribution in [3.8, 4) is 0 Å². The third-order valence-electron chi connectivity index (χ3n) is 2.73. The molecule has 0 radical (unpaired) electrons. The molecule has 0 aliphatic carbocycles. The molecule has 1 aromatic carbocycles. The van der Waals surface area contributed by atoms with Gasteiger partial charge in [0.2, 0.25) is 0 Å². The highest BCUT2D eigenvalue weighted by Crippen LogP contribution is 2.24. The standard InChI is InChI=1S/C11H13ClN2O3/c12-9-1-2-11(14(15)16)8(5-9)7-17-10-3-4-13-6-10/h1-2,5,10,13H,3-4,6-7H2. The summed E-state index contributed by atoms with van der Waals surface area (Å²) in [7, 11) is 0. The molecule has 1 heterocycles. The molecule has 1 aliphatic rings. The van der Waals surface area contributed by atoms with Crippen molar-refractivity contribution in [3.63, 3.8) is 0 Å². The van der Waals surface area contributed by atoms with Crippen LogP contribution in [0.2, 0.25) is 5.02 Å². The Kier molecular flexibility index (Phi) is 3.93. The maximum atomic E-state index is 10.8. The van der Waals surface area contributed by atoms with Gasteiger partial charge in [0.25, 0.3) is 5.69 Å². The number of hydrogen-bond donors (Lipinski definition) is 1. The fourth-order valence-electron chi connectivity index (χ4n) is 1.83. The highest BCUT2D eigenvalue weighted by molar-refractivity contribution is 6.30. The fourth-order valence-corrected chi connectivity index (χ4v) is 2.02. The van der Waals surface area contributed by atoms with Crippen molar-refractivity contribution in [1.29, 1.82) is 0 Å². The molecule has 5 nitrogen and oxygen atoms in total. The van der Waals surface area contributed by atoms with Crippen molar-refractivity contribution in [2.24, 2.45) is 0 Å². The van der Waals surface area contributed by atoms with Crippen molar-refractivity contribution in [1.82, 2.24) is 5.32 Å². The number of nitrogens with zero attached hydrogens (tertiary/aromatic N) is 1. The molecular formula is C11H13ClN2O3. The predicted octanol–water partition coefficient (Wildman–Crippen LogP) is 2.13. The molecule has 92 valence electrons.